The van der Waals surface area contributed by atoms with Gasteiger partial charge in [-0.2, -0.15) is 0 Å². The SMILES string of the molecule is OCc1c(F)cccc1N1CCN(CC2COc3ccccc3O2)CC1. The number of piperazine rings is 1. The summed E-state index contributed by atoms with van der Waals surface area (Å²) >= 11 is 0. The minimum atomic E-state index is -0.348. The highest BCUT2D eigenvalue weighted by molar-refractivity contribution is 5.54. The van der Waals surface area contributed by atoms with Crippen LogP contribution in [0.3, 0.4) is 0 Å². The monoisotopic (exact) mass is 358 g/mol. The summed E-state index contributed by atoms with van der Waals surface area (Å²) in [6.07, 6.45) is 0.0126. The van der Waals surface area contributed by atoms with Crippen LogP contribution in [0.5, 0.6) is 11.5 Å². The van der Waals surface area contributed by atoms with E-state index in [-0.39, 0.29) is 18.5 Å². The van der Waals surface area contributed by atoms with E-state index in [4.69, 9.17) is 9.47 Å². The molecule has 6 heteroatoms. The van der Waals surface area contributed by atoms with Gasteiger partial charge in [0.25, 0.3) is 0 Å². The van der Waals surface area contributed by atoms with Crippen molar-refractivity contribution in [3.8, 4) is 11.5 Å². The minimum absolute atomic E-state index is 0.0126. The molecule has 1 atom stereocenters. The second kappa shape index (κ2) is 7.51. The molecular weight excluding hydrogens is 335 g/mol. The minimum Gasteiger partial charge on any atom is -0.486 e. The molecule has 2 aromatic carbocycles. The van der Waals surface area contributed by atoms with Crippen molar-refractivity contribution in [1.29, 1.82) is 0 Å². The summed E-state index contributed by atoms with van der Waals surface area (Å²) in [6.45, 7) is 4.38. The fourth-order valence-corrected chi connectivity index (χ4v) is 3.61. The molecule has 0 spiro atoms. The first-order valence-electron chi connectivity index (χ1n) is 8.98. The van der Waals surface area contributed by atoms with E-state index >= 15 is 0 Å². The highest BCUT2D eigenvalue weighted by Crippen LogP contribution is 2.31. The fourth-order valence-electron chi connectivity index (χ4n) is 3.61. The van der Waals surface area contributed by atoms with Crippen molar-refractivity contribution in [2.45, 2.75) is 12.7 Å². The molecule has 138 valence electrons. The topological polar surface area (TPSA) is 45.2 Å². The van der Waals surface area contributed by atoms with Gasteiger partial charge in [0.05, 0.1) is 6.61 Å². The van der Waals surface area contributed by atoms with Crippen LogP contribution in [0.4, 0.5) is 10.1 Å². The zero-order valence-corrected chi connectivity index (χ0v) is 14.6. The Bertz CT molecular complexity index is 762. The Morgan fingerprint density at radius 2 is 1.77 bits per heavy atom. The molecule has 2 heterocycles. The number of hydrogen-bond acceptors (Lipinski definition) is 5. The first-order chi connectivity index (χ1) is 12.7. The summed E-state index contributed by atoms with van der Waals surface area (Å²) < 4.78 is 25.7. The highest BCUT2D eigenvalue weighted by atomic mass is 19.1. The normalized spacial score (nSPS) is 20.2. The van der Waals surface area contributed by atoms with Crippen molar-refractivity contribution < 1.29 is 19.0 Å². The lowest BCUT2D eigenvalue weighted by atomic mass is 10.1. The summed E-state index contributed by atoms with van der Waals surface area (Å²) in [5.41, 5.74) is 1.17. The Morgan fingerprint density at radius 1 is 1.00 bits per heavy atom. The van der Waals surface area contributed by atoms with Gasteiger partial charge < -0.3 is 19.5 Å². The predicted octanol–water partition coefficient (Wildman–Crippen LogP) is 2.28. The number of hydrogen-bond donors (Lipinski definition) is 1. The Labute approximate surface area is 152 Å². The van der Waals surface area contributed by atoms with Gasteiger partial charge in [-0.25, -0.2) is 4.39 Å². The number of anilines is 1. The molecule has 0 bridgehead atoms. The molecule has 26 heavy (non-hydrogen) atoms. The van der Waals surface area contributed by atoms with Crippen LogP contribution in [0, 0.1) is 5.82 Å². The standard InChI is InChI=1S/C20H23FN2O3/c21-17-4-3-5-18(16(17)13-24)23-10-8-22(9-11-23)12-15-14-25-19-6-1-2-7-20(19)26-15/h1-7,15,24H,8-14H2. The number of fused-ring (bicyclic) bond motifs is 1. The van der Waals surface area contributed by atoms with Gasteiger partial charge in [-0.3, -0.25) is 4.90 Å². The molecule has 4 rings (SSSR count). The zero-order chi connectivity index (χ0) is 17.9. The molecule has 1 N–H and O–H groups in total. The van der Waals surface area contributed by atoms with E-state index in [9.17, 15) is 9.50 Å². The second-order valence-corrected chi connectivity index (χ2v) is 6.68. The molecule has 0 amide bonds. The number of ether oxygens (including phenoxy) is 2. The van der Waals surface area contributed by atoms with Gasteiger partial charge in [-0.15, -0.1) is 0 Å². The third-order valence-corrected chi connectivity index (χ3v) is 4.99. The van der Waals surface area contributed by atoms with Crippen molar-refractivity contribution in [1.82, 2.24) is 4.90 Å². The third-order valence-electron chi connectivity index (χ3n) is 4.99. The van der Waals surface area contributed by atoms with Crippen LogP contribution in [-0.4, -0.2) is 55.4 Å². The van der Waals surface area contributed by atoms with E-state index in [1.165, 1.54) is 6.07 Å². The van der Waals surface area contributed by atoms with Crippen LogP contribution in [-0.2, 0) is 6.61 Å². The number of nitrogens with zero attached hydrogens (tertiary/aromatic N) is 2. The first kappa shape index (κ1) is 17.1. The average molecular weight is 358 g/mol. The lowest BCUT2D eigenvalue weighted by Crippen LogP contribution is -2.51. The first-order valence-corrected chi connectivity index (χ1v) is 8.98. The number of halogens is 1. The van der Waals surface area contributed by atoms with Crippen LogP contribution in [0.25, 0.3) is 0 Å². The Kier molecular flexibility index (Phi) is 4.95. The van der Waals surface area contributed by atoms with Crippen LogP contribution in [0.1, 0.15) is 5.56 Å². The van der Waals surface area contributed by atoms with Gasteiger partial charge in [0.2, 0.25) is 0 Å². The molecule has 0 saturated carbocycles. The largest absolute Gasteiger partial charge is 0.486 e. The molecular formula is C20H23FN2O3. The zero-order valence-electron chi connectivity index (χ0n) is 14.6. The Hall–Kier alpha value is -2.31. The molecule has 1 saturated heterocycles. The maximum atomic E-state index is 13.9. The molecule has 2 aliphatic heterocycles. The summed E-state index contributed by atoms with van der Waals surface area (Å²) in [6, 6.07) is 12.7. The number of rotatable bonds is 4. The number of aliphatic hydroxyl groups is 1. The second-order valence-electron chi connectivity index (χ2n) is 6.68. The molecule has 0 aliphatic carbocycles. The van der Waals surface area contributed by atoms with Crippen molar-refractivity contribution in [3.63, 3.8) is 0 Å². The van der Waals surface area contributed by atoms with Crippen molar-refractivity contribution in [3.05, 3.63) is 53.8 Å². The van der Waals surface area contributed by atoms with Crippen LogP contribution in [0.2, 0.25) is 0 Å². The van der Waals surface area contributed by atoms with E-state index in [1.807, 2.05) is 30.3 Å². The van der Waals surface area contributed by atoms with Crippen LogP contribution >= 0.6 is 0 Å². The average Bonchev–Trinajstić information content (AvgIpc) is 2.68. The molecule has 1 unspecified atom stereocenters. The van der Waals surface area contributed by atoms with Crippen molar-refractivity contribution in [2.75, 3.05) is 44.2 Å². The molecule has 1 fully saturated rings. The number of para-hydroxylation sites is 2. The van der Waals surface area contributed by atoms with Gasteiger partial charge in [-0.1, -0.05) is 18.2 Å². The lowest BCUT2D eigenvalue weighted by Gasteiger charge is -2.38. The number of benzene rings is 2. The van der Waals surface area contributed by atoms with Crippen LogP contribution < -0.4 is 14.4 Å². The van der Waals surface area contributed by atoms with Crippen LogP contribution in [0.15, 0.2) is 42.5 Å². The maximum absolute atomic E-state index is 13.9. The summed E-state index contributed by atoms with van der Waals surface area (Å²) in [5, 5.41) is 9.47. The summed E-state index contributed by atoms with van der Waals surface area (Å²) in [5.74, 6) is 1.25. The Morgan fingerprint density at radius 3 is 2.54 bits per heavy atom. The van der Waals surface area contributed by atoms with Gasteiger partial charge in [0.1, 0.15) is 18.5 Å². The summed E-state index contributed by atoms with van der Waals surface area (Å²) in [7, 11) is 0. The molecule has 5 nitrogen and oxygen atoms in total. The third kappa shape index (κ3) is 3.48. The van der Waals surface area contributed by atoms with E-state index < -0.39 is 0 Å². The molecule has 0 radical (unpaired) electrons. The van der Waals surface area contributed by atoms with E-state index in [0.717, 1.165) is 49.9 Å². The molecule has 2 aromatic rings. The summed E-state index contributed by atoms with van der Waals surface area (Å²) in [4.78, 5) is 4.48. The van der Waals surface area contributed by atoms with Gasteiger partial charge in [-0.05, 0) is 24.3 Å². The smallest absolute Gasteiger partial charge is 0.161 e. The van der Waals surface area contributed by atoms with Crippen molar-refractivity contribution >= 4 is 5.69 Å². The maximum Gasteiger partial charge on any atom is 0.161 e. The van der Waals surface area contributed by atoms with E-state index in [0.29, 0.717) is 12.2 Å². The van der Waals surface area contributed by atoms with Crippen molar-refractivity contribution in [2.24, 2.45) is 0 Å². The quantitative estimate of drug-likeness (QED) is 0.909. The highest BCUT2D eigenvalue weighted by Gasteiger charge is 2.26. The Balaban J connectivity index is 1.34. The molecule has 2 aliphatic rings. The van der Waals surface area contributed by atoms with E-state index in [1.54, 1.807) is 6.07 Å². The molecule has 0 aromatic heterocycles. The van der Waals surface area contributed by atoms with Gasteiger partial charge >= 0.3 is 0 Å². The van der Waals surface area contributed by atoms with E-state index in [2.05, 4.69) is 9.80 Å². The fraction of sp³-hybridized carbons (Fsp3) is 0.400. The predicted molar refractivity (Wildman–Crippen MR) is 97.3 cm³/mol. The number of aliphatic hydroxyl groups excluding tert-OH is 1. The van der Waals surface area contributed by atoms with Gasteiger partial charge in [0, 0.05) is 44.0 Å². The van der Waals surface area contributed by atoms with Gasteiger partial charge in [0.15, 0.2) is 11.5 Å². The lowest BCUT2D eigenvalue weighted by molar-refractivity contribution is 0.0571.